The molecule has 0 N–H and O–H groups in total. The molecule has 1 saturated carbocycles. The maximum Gasteiger partial charge on any atom is 0.185 e. The largest absolute Gasteiger partial charge is 0.289 e. The molecule has 0 unspecified atom stereocenters. The molecule has 2 atom stereocenters. The van der Waals surface area contributed by atoms with Gasteiger partial charge in [0.05, 0.1) is 0 Å². The minimum absolute atomic E-state index is 0.159. The minimum Gasteiger partial charge on any atom is -0.289 e. The highest BCUT2D eigenvalue weighted by molar-refractivity contribution is 6.04. The first-order chi connectivity index (χ1) is 9.08. The molecule has 1 aromatic carbocycles. The Hall–Kier alpha value is -1.37. The van der Waals surface area contributed by atoms with Crippen LogP contribution in [0, 0.1) is 17.8 Å². The van der Waals surface area contributed by atoms with Gasteiger partial charge < -0.3 is 0 Å². The number of allylic oxidation sites excluding steroid dienone is 2. The number of hydrogen-bond acceptors (Lipinski definition) is 1. The van der Waals surface area contributed by atoms with Gasteiger partial charge in [0.2, 0.25) is 0 Å². The van der Waals surface area contributed by atoms with Crippen LogP contribution < -0.4 is 0 Å². The van der Waals surface area contributed by atoms with Crippen molar-refractivity contribution in [1.82, 2.24) is 0 Å². The number of benzene rings is 1. The maximum absolute atomic E-state index is 12.3. The molecule has 0 heterocycles. The molecule has 2 rings (SSSR count). The maximum atomic E-state index is 12.3. The lowest BCUT2D eigenvalue weighted by molar-refractivity contribution is 0.104. The highest BCUT2D eigenvalue weighted by Crippen LogP contribution is 2.36. The SMILES string of the molecule is CC(C)[C@H]1CC[C@@H](C)/C(=C\C(=O)c2ccccc2)C1. The Morgan fingerprint density at radius 1 is 1.21 bits per heavy atom. The van der Waals surface area contributed by atoms with E-state index in [9.17, 15) is 4.79 Å². The number of carbonyl (C=O) groups is 1. The van der Waals surface area contributed by atoms with Crippen LogP contribution in [0.2, 0.25) is 0 Å². The molecule has 0 aromatic heterocycles. The van der Waals surface area contributed by atoms with Crippen LogP contribution in [0.3, 0.4) is 0 Å². The Balaban J connectivity index is 2.14. The Labute approximate surface area is 116 Å². The normalized spacial score (nSPS) is 25.8. The average Bonchev–Trinajstić information content (AvgIpc) is 2.42. The van der Waals surface area contributed by atoms with E-state index >= 15 is 0 Å². The predicted octanol–water partition coefficient (Wildman–Crippen LogP) is 4.89. The smallest absolute Gasteiger partial charge is 0.185 e. The fourth-order valence-electron chi connectivity index (χ4n) is 2.88. The summed E-state index contributed by atoms with van der Waals surface area (Å²) in [5, 5.41) is 0. The zero-order valence-corrected chi connectivity index (χ0v) is 12.2. The lowest BCUT2D eigenvalue weighted by Gasteiger charge is -2.31. The van der Waals surface area contributed by atoms with E-state index in [1.807, 2.05) is 36.4 Å². The molecular formula is C18H24O. The van der Waals surface area contributed by atoms with Crippen molar-refractivity contribution in [3.8, 4) is 0 Å². The standard InChI is InChI=1S/C18H24O/c1-13(2)16-10-9-14(3)17(11-16)12-18(19)15-7-5-4-6-8-15/h4-8,12-14,16H,9-11H2,1-3H3/b17-12-/t14-,16+/m1/s1. The lowest BCUT2D eigenvalue weighted by Crippen LogP contribution is -2.20. The molecule has 1 aliphatic carbocycles. The summed E-state index contributed by atoms with van der Waals surface area (Å²) in [5.74, 6) is 2.17. The van der Waals surface area contributed by atoms with Gasteiger partial charge in [0.1, 0.15) is 0 Å². The summed E-state index contributed by atoms with van der Waals surface area (Å²) in [7, 11) is 0. The summed E-state index contributed by atoms with van der Waals surface area (Å²) < 4.78 is 0. The highest BCUT2D eigenvalue weighted by Gasteiger charge is 2.25. The van der Waals surface area contributed by atoms with Crippen molar-refractivity contribution in [3.05, 3.63) is 47.5 Å². The highest BCUT2D eigenvalue weighted by atomic mass is 16.1. The molecule has 0 saturated heterocycles. The number of rotatable bonds is 3. The van der Waals surface area contributed by atoms with Crippen molar-refractivity contribution in [3.63, 3.8) is 0 Å². The van der Waals surface area contributed by atoms with Gasteiger partial charge >= 0.3 is 0 Å². The quantitative estimate of drug-likeness (QED) is 0.556. The third kappa shape index (κ3) is 3.56. The molecule has 0 radical (unpaired) electrons. The first kappa shape index (κ1) is 14.0. The van der Waals surface area contributed by atoms with Crippen LogP contribution in [0.25, 0.3) is 0 Å². The third-order valence-corrected chi connectivity index (χ3v) is 4.42. The van der Waals surface area contributed by atoms with E-state index in [2.05, 4.69) is 20.8 Å². The van der Waals surface area contributed by atoms with Crippen molar-refractivity contribution in [2.75, 3.05) is 0 Å². The Kier molecular flexibility index (Phi) is 4.57. The Bertz CT molecular complexity index is 456. The first-order valence-corrected chi connectivity index (χ1v) is 7.37. The summed E-state index contributed by atoms with van der Waals surface area (Å²) in [6.07, 6.45) is 5.51. The van der Waals surface area contributed by atoms with Crippen LogP contribution in [0.4, 0.5) is 0 Å². The number of ketones is 1. The summed E-state index contributed by atoms with van der Waals surface area (Å²) in [6, 6.07) is 9.58. The summed E-state index contributed by atoms with van der Waals surface area (Å²) in [5.41, 5.74) is 2.15. The molecule has 0 aliphatic heterocycles. The lowest BCUT2D eigenvalue weighted by atomic mass is 9.74. The van der Waals surface area contributed by atoms with Crippen molar-refractivity contribution in [2.24, 2.45) is 17.8 Å². The van der Waals surface area contributed by atoms with Crippen LogP contribution in [-0.4, -0.2) is 5.78 Å². The fraction of sp³-hybridized carbons (Fsp3) is 0.500. The van der Waals surface area contributed by atoms with Crippen LogP contribution in [0.5, 0.6) is 0 Å². The summed E-state index contributed by atoms with van der Waals surface area (Å²) >= 11 is 0. The molecule has 1 aromatic rings. The van der Waals surface area contributed by atoms with E-state index < -0.39 is 0 Å². The Morgan fingerprint density at radius 2 is 1.89 bits per heavy atom. The van der Waals surface area contributed by atoms with Crippen molar-refractivity contribution < 1.29 is 4.79 Å². The monoisotopic (exact) mass is 256 g/mol. The van der Waals surface area contributed by atoms with Gasteiger partial charge in [-0.25, -0.2) is 0 Å². The van der Waals surface area contributed by atoms with Crippen molar-refractivity contribution in [1.29, 1.82) is 0 Å². The zero-order valence-electron chi connectivity index (χ0n) is 12.2. The summed E-state index contributed by atoms with van der Waals surface area (Å²) in [6.45, 7) is 6.83. The van der Waals surface area contributed by atoms with E-state index in [1.54, 1.807) is 0 Å². The molecule has 0 amide bonds. The van der Waals surface area contributed by atoms with E-state index in [0.29, 0.717) is 11.8 Å². The molecule has 1 heteroatoms. The fourth-order valence-corrected chi connectivity index (χ4v) is 2.88. The number of hydrogen-bond donors (Lipinski definition) is 0. The second kappa shape index (κ2) is 6.18. The van der Waals surface area contributed by atoms with Crippen LogP contribution in [0.15, 0.2) is 42.0 Å². The molecule has 102 valence electrons. The van der Waals surface area contributed by atoms with Crippen LogP contribution >= 0.6 is 0 Å². The van der Waals surface area contributed by atoms with Gasteiger partial charge in [-0.05, 0) is 43.1 Å². The molecule has 1 nitrogen and oxygen atoms in total. The molecule has 1 aliphatic rings. The van der Waals surface area contributed by atoms with E-state index in [1.165, 1.54) is 18.4 Å². The Morgan fingerprint density at radius 3 is 2.53 bits per heavy atom. The molecule has 19 heavy (non-hydrogen) atoms. The second-order valence-electron chi connectivity index (χ2n) is 6.14. The van der Waals surface area contributed by atoms with Crippen molar-refractivity contribution in [2.45, 2.75) is 40.0 Å². The van der Waals surface area contributed by atoms with Gasteiger partial charge in [-0.1, -0.05) is 56.7 Å². The first-order valence-electron chi connectivity index (χ1n) is 7.37. The number of carbonyl (C=O) groups excluding carboxylic acids is 1. The molecule has 0 spiro atoms. The van der Waals surface area contributed by atoms with Gasteiger partial charge in [-0.2, -0.15) is 0 Å². The average molecular weight is 256 g/mol. The van der Waals surface area contributed by atoms with E-state index in [4.69, 9.17) is 0 Å². The van der Waals surface area contributed by atoms with Gasteiger partial charge in [-0.15, -0.1) is 0 Å². The van der Waals surface area contributed by atoms with Crippen LogP contribution in [0.1, 0.15) is 50.4 Å². The van der Waals surface area contributed by atoms with E-state index in [0.717, 1.165) is 17.9 Å². The van der Waals surface area contributed by atoms with Gasteiger partial charge in [0, 0.05) is 5.56 Å². The topological polar surface area (TPSA) is 17.1 Å². The second-order valence-corrected chi connectivity index (χ2v) is 6.14. The third-order valence-electron chi connectivity index (χ3n) is 4.42. The van der Waals surface area contributed by atoms with Gasteiger partial charge in [0.15, 0.2) is 5.78 Å². The molecule has 0 bridgehead atoms. The van der Waals surface area contributed by atoms with Gasteiger partial charge in [0.25, 0.3) is 0 Å². The minimum atomic E-state index is 0.159. The van der Waals surface area contributed by atoms with E-state index in [-0.39, 0.29) is 5.78 Å². The molecular weight excluding hydrogens is 232 g/mol. The van der Waals surface area contributed by atoms with Gasteiger partial charge in [-0.3, -0.25) is 4.79 Å². The zero-order chi connectivity index (χ0) is 13.8. The van der Waals surface area contributed by atoms with Crippen LogP contribution in [-0.2, 0) is 0 Å². The predicted molar refractivity (Wildman–Crippen MR) is 80.2 cm³/mol. The molecule has 1 fully saturated rings. The van der Waals surface area contributed by atoms with Crippen molar-refractivity contribution >= 4 is 5.78 Å². The summed E-state index contributed by atoms with van der Waals surface area (Å²) in [4.78, 5) is 12.3.